The second-order valence-corrected chi connectivity index (χ2v) is 3.77. The van der Waals surface area contributed by atoms with Crippen molar-refractivity contribution in [1.29, 1.82) is 0 Å². The molecule has 0 spiro atoms. The largest absolute Gasteiger partial charge is 0.478 e. The van der Waals surface area contributed by atoms with Crippen LogP contribution in [0.2, 0.25) is 0 Å². The van der Waals surface area contributed by atoms with E-state index in [-0.39, 0.29) is 22.8 Å². The molecule has 0 aliphatic carbocycles. The number of likely N-dealkylation sites (N-methyl/N-ethyl adjacent to an activating group) is 1. The summed E-state index contributed by atoms with van der Waals surface area (Å²) in [5.74, 6) is -1.57. The summed E-state index contributed by atoms with van der Waals surface area (Å²) in [4.78, 5) is 32.4. The Hall–Kier alpha value is -2.64. The number of nitrogens with zero attached hydrogens (tertiary/aromatic N) is 1. The second kappa shape index (κ2) is 5.80. The van der Waals surface area contributed by atoms with Crippen LogP contribution in [0.5, 0.6) is 0 Å². The van der Waals surface area contributed by atoms with Gasteiger partial charge in [0.2, 0.25) is 5.91 Å². The molecule has 1 unspecified atom stereocenters. The van der Waals surface area contributed by atoms with Crippen molar-refractivity contribution in [3.05, 3.63) is 33.9 Å². The Morgan fingerprint density at radius 3 is 2.53 bits per heavy atom. The molecule has 0 saturated heterocycles. The molecule has 0 aliphatic rings. The van der Waals surface area contributed by atoms with E-state index >= 15 is 0 Å². The van der Waals surface area contributed by atoms with Gasteiger partial charge in [-0.25, -0.2) is 4.79 Å². The minimum absolute atomic E-state index is 0.0130. The molecule has 102 valence electrons. The van der Waals surface area contributed by atoms with E-state index < -0.39 is 16.9 Å². The number of hydrogen-bond acceptors (Lipinski definition) is 5. The van der Waals surface area contributed by atoms with Crippen molar-refractivity contribution in [2.24, 2.45) is 0 Å². The topological polar surface area (TPSA) is 122 Å². The van der Waals surface area contributed by atoms with Crippen molar-refractivity contribution < 1.29 is 19.6 Å². The maximum absolute atomic E-state index is 11.4. The number of carboxylic acid groups (broad SMARTS) is 1. The number of nitrogens with one attached hydrogen (secondary N) is 2. The van der Waals surface area contributed by atoms with Gasteiger partial charge >= 0.3 is 5.97 Å². The van der Waals surface area contributed by atoms with Crippen molar-refractivity contribution in [2.45, 2.75) is 13.0 Å². The smallest absolute Gasteiger partial charge is 0.335 e. The Balaban J connectivity index is 3.14. The number of carbonyl (C=O) groups excluding carboxylic acids is 1. The highest BCUT2D eigenvalue weighted by molar-refractivity contribution is 5.91. The Morgan fingerprint density at radius 1 is 1.42 bits per heavy atom. The predicted octanol–water partition coefficient (Wildman–Crippen LogP) is 0.839. The fourth-order valence-electron chi connectivity index (χ4n) is 1.46. The van der Waals surface area contributed by atoms with E-state index in [1.807, 2.05) is 0 Å². The third-order valence-corrected chi connectivity index (χ3v) is 2.45. The van der Waals surface area contributed by atoms with Crippen LogP contribution in [0.15, 0.2) is 18.2 Å². The van der Waals surface area contributed by atoms with E-state index in [0.717, 1.165) is 18.2 Å². The standard InChI is InChI=1S/C11H13N3O5/c1-6(10(15)12-2)13-8-5-7(11(16)17)3-4-9(8)14(18)19/h3-6,13H,1-2H3,(H,12,15)(H,16,17). The zero-order valence-corrected chi connectivity index (χ0v) is 10.3. The SMILES string of the molecule is CNC(=O)C(C)Nc1cc(C(=O)O)ccc1[N+](=O)[O-]. The molecular formula is C11H13N3O5. The summed E-state index contributed by atoms with van der Waals surface area (Å²) in [7, 11) is 1.43. The molecule has 0 fully saturated rings. The monoisotopic (exact) mass is 267 g/mol. The molecule has 1 aromatic carbocycles. The number of benzene rings is 1. The third-order valence-electron chi connectivity index (χ3n) is 2.45. The van der Waals surface area contributed by atoms with Gasteiger partial charge in [0.05, 0.1) is 10.5 Å². The van der Waals surface area contributed by atoms with Gasteiger partial charge < -0.3 is 15.7 Å². The summed E-state index contributed by atoms with van der Waals surface area (Å²) in [5, 5.41) is 24.7. The molecule has 0 heterocycles. The Kier molecular flexibility index (Phi) is 4.41. The quantitative estimate of drug-likeness (QED) is 0.536. The Labute approximate surface area is 108 Å². The van der Waals surface area contributed by atoms with Crippen molar-refractivity contribution in [2.75, 3.05) is 12.4 Å². The van der Waals surface area contributed by atoms with Gasteiger partial charge in [-0.2, -0.15) is 0 Å². The van der Waals surface area contributed by atoms with Crippen LogP contribution in [0.3, 0.4) is 0 Å². The lowest BCUT2D eigenvalue weighted by atomic mass is 10.1. The number of nitro groups is 1. The molecule has 8 nitrogen and oxygen atoms in total. The predicted molar refractivity (Wildman–Crippen MR) is 67.2 cm³/mol. The fraction of sp³-hybridized carbons (Fsp3) is 0.273. The normalized spacial score (nSPS) is 11.5. The molecule has 1 rings (SSSR count). The first-order valence-electron chi connectivity index (χ1n) is 5.36. The van der Waals surface area contributed by atoms with Crippen LogP contribution in [0, 0.1) is 10.1 Å². The van der Waals surface area contributed by atoms with E-state index in [0.29, 0.717) is 0 Å². The van der Waals surface area contributed by atoms with Gasteiger partial charge in [-0.05, 0) is 19.1 Å². The molecule has 0 aliphatic heterocycles. The van der Waals surface area contributed by atoms with E-state index in [2.05, 4.69) is 10.6 Å². The number of hydrogen-bond donors (Lipinski definition) is 3. The average Bonchev–Trinajstić information content (AvgIpc) is 2.37. The van der Waals surface area contributed by atoms with Crippen molar-refractivity contribution in [3.8, 4) is 0 Å². The van der Waals surface area contributed by atoms with Gasteiger partial charge in [0.1, 0.15) is 11.7 Å². The summed E-state index contributed by atoms with van der Waals surface area (Å²) in [6.07, 6.45) is 0. The van der Waals surface area contributed by atoms with Gasteiger partial charge in [-0.1, -0.05) is 0 Å². The summed E-state index contributed by atoms with van der Waals surface area (Å²) < 4.78 is 0. The maximum Gasteiger partial charge on any atom is 0.335 e. The molecule has 3 N–H and O–H groups in total. The number of carbonyl (C=O) groups is 2. The molecule has 1 amide bonds. The summed E-state index contributed by atoms with van der Waals surface area (Å²) in [5.41, 5.74) is -0.404. The lowest BCUT2D eigenvalue weighted by Gasteiger charge is -2.14. The molecule has 1 atom stereocenters. The minimum Gasteiger partial charge on any atom is -0.478 e. The maximum atomic E-state index is 11.4. The highest BCUT2D eigenvalue weighted by Crippen LogP contribution is 2.26. The number of amides is 1. The first-order valence-corrected chi connectivity index (χ1v) is 5.36. The van der Waals surface area contributed by atoms with E-state index in [4.69, 9.17) is 5.11 Å². The summed E-state index contributed by atoms with van der Waals surface area (Å²) in [6.45, 7) is 1.51. The van der Waals surface area contributed by atoms with Crippen molar-refractivity contribution in [1.82, 2.24) is 5.32 Å². The van der Waals surface area contributed by atoms with Crippen LogP contribution in [0.4, 0.5) is 11.4 Å². The number of nitro benzene ring substituents is 1. The highest BCUT2D eigenvalue weighted by atomic mass is 16.6. The second-order valence-electron chi connectivity index (χ2n) is 3.77. The first-order chi connectivity index (χ1) is 8.86. The van der Waals surface area contributed by atoms with E-state index in [1.54, 1.807) is 0 Å². The molecule has 0 saturated carbocycles. The molecule has 0 radical (unpaired) electrons. The van der Waals surface area contributed by atoms with Gasteiger partial charge in [0.25, 0.3) is 5.69 Å². The van der Waals surface area contributed by atoms with E-state index in [1.165, 1.54) is 14.0 Å². The molecular weight excluding hydrogens is 254 g/mol. The van der Waals surface area contributed by atoms with Crippen LogP contribution in [0.1, 0.15) is 17.3 Å². The molecule has 1 aromatic rings. The lowest BCUT2D eigenvalue weighted by Crippen LogP contribution is -2.35. The lowest BCUT2D eigenvalue weighted by molar-refractivity contribution is -0.384. The van der Waals surface area contributed by atoms with Gasteiger partial charge in [-0.3, -0.25) is 14.9 Å². The van der Waals surface area contributed by atoms with Crippen LogP contribution in [-0.4, -0.2) is 35.0 Å². The number of anilines is 1. The van der Waals surface area contributed by atoms with Crippen LogP contribution in [-0.2, 0) is 4.79 Å². The fourth-order valence-corrected chi connectivity index (χ4v) is 1.46. The minimum atomic E-state index is -1.20. The molecule has 8 heteroatoms. The average molecular weight is 267 g/mol. The third kappa shape index (κ3) is 3.41. The van der Waals surface area contributed by atoms with Gasteiger partial charge in [0, 0.05) is 13.1 Å². The summed E-state index contributed by atoms with van der Waals surface area (Å²) >= 11 is 0. The molecule has 0 bridgehead atoms. The van der Waals surface area contributed by atoms with Gasteiger partial charge in [-0.15, -0.1) is 0 Å². The van der Waals surface area contributed by atoms with Crippen molar-refractivity contribution in [3.63, 3.8) is 0 Å². The number of rotatable bonds is 5. The Morgan fingerprint density at radius 2 is 2.05 bits per heavy atom. The number of carboxylic acids is 1. The molecule has 0 aromatic heterocycles. The van der Waals surface area contributed by atoms with Crippen LogP contribution < -0.4 is 10.6 Å². The van der Waals surface area contributed by atoms with Crippen LogP contribution in [0.25, 0.3) is 0 Å². The van der Waals surface area contributed by atoms with Gasteiger partial charge in [0.15, 0.2) is 0 Å². The molecule has 19 heavy (non-hydrogen) atoms. The zero-order chi connectivity index (χ0) is 14.6. The van der Waals surface area contributed by atoms with Crippen molar-refractivity contribution >= 4 is 23.3 Å². The number of aromatic carboxylic acids is 1. The zero-order valence-electron chi connectivity index (χ0n) is 10.3. The van der Waals surface area contributed by atoms with Crippen LogP contribution >= 0.6 is 0 Å². The summed E-state index contributed by atoms with van der Waals surface area (Å²) in [6, 6.07) is 2.62. The highest BCUT2D eigenvalue weighted by Gasteiger charge is 2.20. The first kappa shape index (κ1) is 14.4. The Bertz CT molecular complexity index is 529. The van der Waals surface area contributed by atoms with E-state index in [9.17, 15) is 19.7 Å².